The van der Waals surface area contributed by atoms with E-state index in [4.69, 9.17) is 16.3 Å². The largest absolute Gasteiger partial charge is 0.394 e. The van der Waals surface area contributed by atoms with Crippen molar-refractivity contribution in [2.75, 3.05) is 6.61 Å². The fourth-order valence-electron chi connectivity index (χ4n) is 3.66. The summed E-state index contributed by atoms with van der Waals surface area (Å²) < 4.78 is 18.5. The van der Waals surface area contributed by atoms with Crippen LogP contribution in [0, 0.1) is 5.95 Å². The Hall–Kier alpha value is -1.95. The van der Waals surface area contributed by atoms with Crippen LogP contribution in [0.2, 0.25) is 5.02 Å². The first kappa shape index (κ1) is 23.2. The van der Waals surface area contributed by atoms with Gasteiger partial charge in [0.05, 0.1) is 6.61 Å². The normalized spacial score (nSPS) is 28.1. The van der Waals surface area contributed by atoms with Gasteiger partial charge in [0.2, 0.25) is 11.7 Å². The van der Waals surface area contributed by atoms with Crippen molar-refractivity contribution < 1.29 is 34.7 Å². The van der Waals surface area contributed by atoms with Gasteiger partial charge >= 0.3 is 0 Å². The number of thiophene rings is 1. The molecule has 0 radical (unpaired) electrons. The predicted molar refractivity (Wildman–Crippen MR) is 116 cm³/mol. The summed E-state index contributed by atoms with van der Waals surface area (Å²) in [5.41, 5.74) is 1.52. The van der Waals surface area contributed by atoms with Gasteiger partial charge in [-0.3, -0.25) is 0 Å². The second-order valence-electron chi connectivity index (χ2n) is 7.58. The van der Waals surface area contributed by atoms with E-state index in [-0.39, 0.29) is 5.56 Å². The maximum atomic E-state index is 13.1. The molecule has 7 nitrogen and oxygen atoms in total. The van der Waals surface area contributed by atoms with Crippen LogP contribution in [-0.4, -0.2) is 61.5 Å². The molecule has 1 aliphatic heterocycles. The third-order valence-electron chi connectivity index (χ3n) is 5.46. The zero-order valence-corrected chi connectivity index (χ0v) is 18.2. The van der Waals surface area contributed by atoms with Crippen LogP contribution in [0.3, 0.4) is 0 Å². The van der Waals surface area contributed by atoms with E-state index < -0.39 is 42.8 Å². The van der Waals surface area contributed by atoms with Crippen LogP contribution in [-0.2, 0) is 16.9 Å². The molecule has 1 aromatic carbocycles. The van der Waals surface area contributed by atoms with Crippen molar-refractivity contribution in [2.24, 2.45) is 0 Å². The molecule has 4 rings (SSSR count). The van der Waals surface area contributed by atoms with Crippen molar-refractivity contribution >= 4 is 22.9 Å². The maximum absolute atomic E-state index is 13.1. The minimum atomic E-state index is -2.36. The summed E-state index contributed by atoms with van der Waals surface area (Å²) in [6.07, 6.45) is -4.59. The van der Waals surface area contributed by atoms with Crippen LogP contribution in [0.4, 0.5) is 4.39 Å². The van der Waals surface area contributed by atoms with Gasteiger partial charge in [-0.2, -0.15) is 4.39 Å². The minimum Gasteiger partial charge on any atom is -0.394 e. The second kappa shape index (κ2) is 9.12. The number of ether oxygens (including phenoxy) is 1. The Bertz CT molecular complexity index is 1090. The number of benzene rings is 1. The van der Waals surface area contributed by atoms with Gasteiger partial charge in [0.25, 0.3) is 0 Å². The Morgan fingerprint density at radius 2 is 1.88 bits per heavy atom. The number of pyridine rings is 1. The molecular formula is C22H21ClFNO6S. The van der Waals surface area contributed by atoms with Gasteiger partial charge in [-0.25, -0.2) is 4.98 Å². The van der Waals surface area contributed by atoms with Crippen LogP contribution in [0.25, 0.3) is 10.4 Å². The molecule has 0 saturated carbocycles. The Morgan fingerprint density at radius 1 is 1.09 bits per heavy atom. The average molecular weight is 482 g/mol. The zero-order valence-electron chi connectivity index (χ0n) is 16.6. The van der Waals surface area contributed by atoms with Crippen LogP contribution in [0.5, 0.6) is 0 Å². The van der Waals surface area contributed by atoms with E-state index in [0.717, 1.165) is 15.3 Å². The summed E-state index contributed by atoms with van der Waals surface area (Å²) >= 11 is 7.83. The second-order valence-corrected chi connectivity index (χ2v) is 9.16. The summed E-state index contributed by atoms with van der Waals surface area (Å²) in [4.78, 5) is 5.49. The van der Waals surface area contributed by atoms with E-state index >= 15 is 0 Å². The number of rotatable bonds is 5. The number of aliphatic hydroxyl groups excluding tert-OH is 4. The summed E-state index contributed by atoms with van der Waals surface area (Å²) in [6, 6.07) is 11.2. The van der Waals surface area contributed by atoms with Crippen molar-refractivity contribution in [1.29, 1.82) is 0 Å². The Morgan fingerprint density at radius 3 is 2.56 bits per heavy atom. The SMILES string of the molecule is OC[C@H]1OC(O)(c2ccc(Cl)c(Cc3ccc(-c4ccc(F)nc4)s3)c2)[C@H](O)C(O)[C@@H]1O. The van der Waals surface area contributed by atoms with E-state index in [1.54, 1.807) is 12.1 Å². The van der Waals surface area contributed by atoms with Crippen LogP contribution >= 0.6 is 22.9 Å². The highest BCUT2D eigenvalue weighted by Crippen LogP contribution is 2.38. The van der Waals surface area contributed by atoms with Gasteiger partial charge in [0.1, 0.15) is 24.4 Å². The molecule has 0 amide bonds. The summed E-state index contributed by atoms with van der Waals surface area (Å²) in [5.74, 6) is -2.91. The Balaban J connectivity index is 1.61. The molecule has 10 heteroatoms. The highest BCUT2D eigenvalue weighted by molar-refractivity contribution is 7.15. The molecule has 1 saturated heterocycles. The quantitative estimate of drug-likeness (QED) is 0.352. The third-order valence-corrected chi connectivity index (χ3v) is 6.97. The molecule has 5 N–H and O–H groups in total. The molecule has 2 unspecified atom stereocenters. The van der Waals surface area contributed by atoms with Crippen molar-refractivity contribution in [1.82, 2.24) is 4.98 Å². The monoisotopic (exact) mass is 481 g/mol. The van der Waals surface area contributed by atoms with Crippen LogP contribution in [0.1, 0.15) is 16.0 Å². The lowest BCUT2D eigenvalue weighted by Gasteiger charge is -2.45. The molecule has 5 atom stereocenters. The molecule has 1 fully saturated rings. The highest BCUT2D eigenvalue weighted by Gasteiger charge is 2.53. The summed E-state index contributed by atoms with van der Waals surface area (Å²) in [7, 11) is 0. The minimum absolute atomic E-state index is 0.119. The van der Waals surface area contributed by atoms with E-state index in [9.17, 15) is 29.9 Å². The van der Waals surface area contributed by atoms with Gasteiger partial charge < -0.3 is 30.3 Å². The Kier molecular flexibility index (Phi) is 6.62. The number of halogens is 2. The Labute approximate surface area is 192 Å². The van der Waals surface area contributed by atoms with Crippen molar-refractivity contribution in [3.63, 3.8) is 0 Å². The standard InChI is InChI=1S/C22H21ClFNO6S/c23-15-4-2-13(22(30)21(29)20(28)19(27)16(10-26)31-22)7-12(15)8-14-3-5-17(32-14)11-1-6-18(24)25-9-11/h1-7,9,16,19-21,26-30H,8,10H2/t16-,19-,20?,21-,22?/m1/s1. The maximum Gasteiger partial charge on any atom is 0.222 e. The van der Waals surface area contributed by atoms with Gasteiger partial charge in [0.15, 0.2) is 0 Å². The number of hydrogen-bond acceptors (Lipinski definition) is 8. The fraction of sp³-hybridized carbons (Fsp3) is 0.318. The fourth-order valence-corrected chi connectivity index (χ4v) is 4.87. The van der Waals surface area contributed by atoms with Gasteiger partial charge in [0, 0.05) is 38.5 Å². The number of nitrogens with zero attached hydrogens (tertiary/aromatic N) is 1. The average Bonchev–Trinajstić information content (AvgIpc) is 3.25. The first-order valence-electron chi connectivity index (χ1n) is 9.77. The smallest absolute Gasteiger partial charge is 0.222 e. The van der Waals surface area contributed by atoms with Gasteiger partial charge in [-0.05, 0) is 42.0 Å². The highest BCUT2D eigenvalue weighted by atomic mass is 35.5. The molecule has 170 valence electrons. The van der Waals surface area contributed by atoms with Gasteiger partial charge in [-0.1, -0.05) is 17.7 Å². The molecule has 2 aromatic heterocycles. The van der Waals surface area contributed by atoms with Crippen molar-refractivity contribution in [3.05, 3.63) is 75.6 Å². The molecule has 0 spiro atoms. The number of aliphatic hydroxyl groups is 5. The zero-order chi connectivity index (χ0) is 23.0. The predicted octanol–water partition coefficient (Wildman–Crippen LogP) is 1.81. The topological polar surface area (TPSA) is 123 Å². The molecule has 0 bridgehead atoms. The third kappa shape index (κ3) is 4.30. The van der Waals surface area contributed by atoms with Crippen molar-refractivity contribution in [2.45, 2.75) is 36.6 Å². The van der Waals surface area contributed by atoms with E-state index in [1.165, 1.54) is 35.7 Å². The van der Waals surface area contributed by atoms with Crippen LogP contribution in [0.15, 0.2) is 48.7 Å². The summed E-state index contributed by atoms with van der Waals surface area (Å²) in [6.45, 7) is -0.663. The number of hydrogen-bond donors (Lipinski definition) is 5. The molecule has 0 aliphatic carbocycles. The molecule has 3 heterocycles. The lowest BCUT2D eigenvalue weighted by Crippen LogP contribution is -2.63. The summed E-state index contributed by atoms with van der Waals surface area (Å²) in [5, 5.41) is 51.3. The first-order valence-corrected chi connectivity index (χ1v) is 11.0. The van der Waals surface area contributed by atoms with Crippen molar-refractivity contribution in [3.8, 4) is 10.4 Å². The lowest BCUT2D eigenvalue weighted by molar-refractivity contribution is -0.357. The molecule has 1 aliphatic rings. The van der Waals surface area contributed by atoms with E-state index in [0.29, 0.717) is 17.0 Å². The van der Waals surface area contributed by atoms with Gasteiger partial charge in [-0.15, -0.1) is 11.3 Å². The van der Waals surface area contributed by atoms with E-state index in [1.807, 2.05) is 12.1 Å². The number of aromatic nitrogens is 1. The lowest BCUT2D eigenvalue weighted by atomic mass is 9.87. The molecular weight excluding hydrogens is 461 g/mol. The van der Waals surface area contributed by atoms with E-state index in [2.05, 4.69) is 4.98 Å². The van der Waals surface area contributed by atoms with Crippen LogP contribution < -0.4 is 0 Å². The molecule has 3 aromatic rings. The first-order chi connectivity index (χ1) is 15.2. The molecule has 32 heavy (non-hydrogen) atoms.